The van der Waals surface area contributed by atoms with Crippen LogP contribution < -0.4 is 5.32 Å². The second-order valence-corrected chi connectivity index (χ2v) is 5.33. The number of hydrogen-bond donors (Lipinski definition) is 1. The molecule has 1 aliphatic heterocycles. The summed E-state index contributed by atoms with van der Waals surface area (Å²) in [5.74, 6) is 0.183. The molecule has 0 spiro atoms. The molecule has 1 fully saturated rings. The Morgan fingerprint density at radius 3 is 2.74 bits per heavy atom. The van der Waals surface area contributed by atoms with E-state index in [1.807, 2.05) is 12.1 Å². The molecule has 104 valence electrons. The Bertz CT molecular complexity index is 442. The van der Waals surface area contributed by atoms with Crippen molar-refractivity contribution in [2.75, 3.05) is 32.7 Å². The van der Waals surface area contributed by atoms with Gasteiger partial charge in [-0.05, 0) is 18.1 Å². The summed E-state index contributed by atoms with van der Waals surface area (Å²) in [5.41, 5.74) is 1.83. The number of aryl methyl sites for hydroxylation is 1. The third kappa shape index (κ3) is 4.03. The van der Waals surface area contributed by atoms with Gasteiger partial charge >= 0.3 is 0 Å². The molecule has 2 rings (SSSR count). The van der Waals surface area contributed by atoms with Crippen LogP contribution in [0.3, 0.4) is 0 Å². The smallest absolute Gasteiger partial charge is 0.164 e. The number of halogens is 1. The van der Waals surface area contributed by atoms with E-state index in [2.05, 4.69) is 17.1 Å². The summed E-state index contributed by atoms with van der Waals surface area (Å²) in [7, 11) is 0. The largest absolute Gasteiger partial charge is 0.314 e. The maximum Gasteiger partial charge on any atom is 0.164 e. The van der Waals surface area contributed by atoms with Crippen molar-refractivity contribution in [3.63, 3.8) is 0 Å². The van der Waals surface area contributed by atoms with Gasteiger partial charge in [-0.2, -0.15) is 0 Å². The first-order valence-corrected chi connectivity index (χ1v) is 7.33. The van der Waals surface area contributed by atoms with Crippen molar-refractivity contribution in [2.24, 2.45) is 0 Å². The molecular formula is C15H21ClN2O. The zero-order valence-electron chi connectivity index (χ0n) is 11.4. The number of rotatable bonds is 5. The van der Waals surface area contributed by atoms with Crippen molar-refractivity contribution in [2.45, 2.75) is 19.8 Å². The molecule has 1 N–H and O–H groups in total. The van der Waals surface area contributed by atoms with Gasteiger partial charge in [-0.15, -0.1) is 0 Å². The van der Waals surface area contributed by atoms with Gasteiger partial charge < -0.3 is 10.2 Å². The van der Waals surface area contributed by atoms with Crippen LogP contribution in [0, 0.1) is 0 Å². The van der Waals surface area contributed by atoms with Crippen molar-refractivity contribution in [1.29, 1.82) is 0 Å². The molecule has 1 heterocycles. The van der Waals surface area contributed by atoms with E-state index in [0.29, 0.717) is 11.4 Å². The van der Waals surface area contributed by atoms with Gasteiger partial charge in [-0.25, -0.2) is 0 Å². The van der Waals surface area contributed by atoms with Gasteiger partial charge in [0.25, 0.3) is 0 Å². The molecule has 0 atom stereocenters. The average molecular weight is 281 g/mol. The number of Topliss-reactive ketones (excluding diaryl/α,β-unsaturated/α-hetero) is 1. The van der Waals surface area contributed by atoms with Gasteiger partial charge in [0.05, 0.1) is 0 Å². The Labute approximate surface area is 119 Å². The first-order valence-electron chi connectivity index (χ1n) is 6.95. The van der Waals surface area contributed by atoms with Crippen molar-refractivity contribution < 1.29 is 4.79 Å². The summed E-state index contributed by atoms with van der Waals surface area (Å²) in [6.45, 7) is 7.00. The van der Waals surface area contributed by atoms with Crippen LogP contribution in [-0.4, -0.2) is 43.4 Å². The van der Waals surface area contributed by atoms with E-state index in [4.69, 9.17) is 11.6 Å². The van der Waals surface area contributed by atoms with Crippen LogP contribution in [-0.2, 0) is 6.42 Å². The normalized spacial score (nSPS) is 16.5. The fraction of sp³-hybridized carbons (Fsp3) is 0.533. The Morgan fingerprint density at radius 1 is 1.37 bits per heavy atom. The van der Waals surface area contributed by atoms with Crippen LogP contribution in [0.5, 0.6) is 0 Å². The highest BCUT2D eigenvalue weighted by atomic mass is 35.5. The predicted octanol–water partition coefficient (Wildman–Crippen LogP) is 2.38. The highest BCUT2D eigenvalue weighted by Crippen LogP contribution is 2.19. The summed E-state index contributed by atoms with van der Waals surface area (Å²) >= 11 is 6.15. The number of hydrogen-bond acceptors (Lipinski definition) is 3. The number of nitrogens with one attached hydrogen (secondary N) is 1. The first kappa shape index (κ1) is 14.5. The van der Waals surface area contributed by atoms with Crippen molar-refractivity contribution in [1.82, 2.24) is 10.2 Å². The molecule has 0 saturated carbocycles. The highest BCUT2D eigenvalue weighted by molar-refractivity contribution is 6.31. The number of ketones is 1. The van der Waals surface area contributed by atoms with Crippen LogP contribution in [0.25, 0.3) is 0 Å². The van der Waals surface area contributed by atoms with E-state index >= 15 is 0 Å². The minimum Gasteiger partial charge on any atom is -0.314 e. The molecule has 1 aromatic carbocycles. The molecule has 1 saturated heterocycles. The van der Waals surface area contributed by atoms with Gasteiger partial charge in [-0.3, -0.25) is 4.79 Å². The van der Waals surface area contributed by atoms with Crippen LogP contribution in [0.15, 0.2) is 18.2 Å². The molecular weight excluding hydrogens is 260 g/mol. The van der Waals surface area contributed by atoms with E-state index in [-0.39, 0.29) is 5.78 Å². The number of carbonyl (C=O) groups excluding carboxylic acids is 1. The fourth-order valence-electron chi connectivity index (χ4n) is 2.35. The van der Waals surface area contributed by atoms with Gasteiger partial charge in [0.2, 0.25) is 0 Å². The van der Waals surface area contributed by atoms with E-state index in [1.54, 1.807) is 6.07 Å². The second kappa shape index (κ2) is 7.04. The van der Waals surface area contributed by atoms with Crippen molar-refractivity contribution >= 4 is 17.4 Å². The molecule has 3 nitrogen and oxygen atoms in total. The van der Waals surface area contributed by atoms with Crippen LogP contribution in [0.1, 0.15) is 29.3 Å². The van der Waals surface area contributed by atoms with Gasteiger partial charge in [0, 0.05) is 49.7 Å². The summed E-state index contributed by atoms with van der Waals surface area (Å²) < 4.78 is 0. The highest BCUT2D eigenvalue weighted by Gasteiger charge is 2.13. The Balaban J connectivity index is 1.90. The minimum atomic E-state index is 0.183. The third-order valence-corrected chi connectivity index (χ3v) is 3.97. The van der Waals surface area contributed by atoms with E-state index < -0.39 is 0 Å². The lowest BCUT2D eigenvalue weighted by Gasteiger charge is -2.26. The Hall–Kier alpha value is -0.900. The Morgan fingerprint density at radius 2 is 2.11 bits per heavy atom. The molecule has 4 heteroatoms. The predicted molar refractivity (Wildman–Crippen MR) is 79.1 cm³/mol. The zero-order valence-corrected chi connectivity index (χ0v) is 12.2. The maximum absolute atomic E-state index is 12.1. The van der Waals surface area contributed by atoms with E-state index in [0.717, 1.165) is 50.3 Å². The second-order valence-electron chi connectivity index (χ2n) is 4.92. The van der Waals surface area contributed by atoms with Crippen molar-refractivity contribution in [3.8, 4) is 0 Å². The topological polar surface area (TPSA) is 32.3 Å². The quantitative estimate of drug-likeness (QED) is 0.841. The van der Waals surface area contributed by atoms with Gasteiger partial charge in [-0.1, -0.05) is 30.7 Å². The summed E-state index contributed by atoms with van der Waals surface area (Å²) in [5, 5.41) is 4.01. The standard InChI is InChI=1S/C15H21ClN2O/c1-2-12-3-4-13(11-14(12)16)15(19)5-8-18-9-6-17-7-10-18/h3-4,11,17H,2,5-10H2,1H3. The molecule has 0 unspecified atom stereocenters. The number of benzene rings is 1. The molecule has 0 aromatic heterocycles. The average Bonchev–Trinajstić information content (AvgIpc) is 2.45. The summed E-state index contributed by atoms with van der Waals surface area (Å²) in [6.07, 6.45) is 1.47. The lowest BCUT2D eigenvalue weighted by molar-refractivity contribution is 0.0960. The number of carbonyl (C=O) groups is 1. The molecule has 0 radical (unpaired) electrons. The SMILES string of the molecule is CCc1ccc(C(=O)CCN2CCNCC2)cc1Cl. The van der Waals surface area contributed by atoms with Gasteiger partial charge in [0.15, 0.2) is 5.78 Å². The van der Waals surface area contributed by atoms with E-state index in [9.17, 15) is 4.79 Å². The fourth-order valence-corrected chi connectivity index (χ4v) is 2.66. The Kier molecular flexibility index (Phi) is 5.37. The number of piperazine rings is 1. The number of nitrogens with zero attached hydrogens (tertiary/aromatic N) is 1. The van der Waals surface area contributed by atoms with Crippen molar-refractivity contribution in [3.05, 3.63) is 34.3 Å². The molecule has 19 heavy (non-hydrogen) atoms. The molecule has 0 bridgehead atoms. The van der Waals surface area contributed by atoms with Crippen LogP contribution in [0.2, 0.25) is 5.02 Å². The monoisotopic (exact) mass is 280 g/mol. The lowest BCUT2D eigenvalue weighted by atomic mass is 10.0. The molecule has 0 aliphatic carbocycles. The summed E-state index contributed by atoms with van der Waals surface area (Å²) in [4.78, 5) is 14.5. The summed E-state index contributed by atoms with van der Waals surface area (Å²) in [6, 6.07) is 5.66. The van der Waals surface area contributed by atoms with Crippen LogP contribution in [0.4, 0.5) is 0 Å². The maximum atomic E-state index is 12.1. The molecule has 1 aliphatic rings. The first-order chi connectivity index (χ1) is 9.20. The van der Waals surface area contributed by atoms with E-state index in [1.165, 1.54) is 0 Å². The zero-order chi connectivity index (χ0) is 13.7. The lowest BCUT2D eigenvalue weighted by Crippen LogP contribution is -2.44. The third-order valence-electron chi connectivity index (χ3n) is 3.62. The van der Waals surface area contributed by atoms with Crippen LogP contribution >= 0.6 is 11.6 Å². The minimum absolute atomic E-state index is 0.183. The van der Waals surface area contributed by atoms with Gasteiger partial charge in [0.1, 0.15) is 0 Å². The molecule has 1 aromatic rings. The molecule has 0 amide bonds.